The van der Waals surface area contributed by atoms with Crippen LogP contribution in [0.1, 0.15) is 51.4 Å². The van der Waals surface area contributed by atoms with E-state index in [9.17, 15) is 4.79 Å². The van der Waals surface area contributed by atoms with Crippen molar-refractivity contribution in [1.82, 2.24) is 0 Å². The van der Waals surface area contributed by atoms with Crippen LogP contribution in [0.5, 0.6) is 0 Å². The van der Waals surface area contributed by atoms with Crippen LogP contribution in [0.15, 0.2) is 0 Å². The molecule has 86 valence electrons. The van der Waals surface area contributed by atoms with Gasteiger partial charge in [0.2, 0.25) is 0 Å². The minimum Gasteiger partial charge on any atom is -0.479 e. The monoisotopic (exact) mass is 212 g/mol. The van der Waals surface area contributed by atoms with E-state index in [1.54, 1.807) is 0 Å². The minimum atomic E-state index is -0.782. The van der Waals surface area contributed by atoms with Gasteiger partial charge in [0.05, 0.1) is 6.10 Å². The molecule has 1 aliphatic carbocycles. The van der Waals surface area contributed by atoms with Gasteiger partial charge in [-0.2, -0.15) is 0 Å². The highest BCUT2D eigenvalue weighted by molar-refractivity contribution is 5.72. The van der Waals surface area contributed by atoms with Crippen LogP contribution in [0.2, 0.25) is 0 Å². The summed E-state index contributed by atoms with van der Waals surface area (Å²) >= 11 is 0. The molecule has 15 heavy (non-hydrogen) atoms. The standard InChI is InChI=1S/C12H20O3/c13-12(14)11-8-4-7-10(15-11)9-5-2-1-3-6-9/h9-11H,1-8H2,(H,13,14). The van der Waals surface area contributed by atoms with Gasteiger partial charge in [-0.1, -0.05) is 19.3 Å². The van der Waals surface area contributed by atoms with Gasteiger partial charge in [-0.3, -0.25) is 0 Å². The Morgan fingerprint density at radius 2 is 1.73 bits per heavy atom. The molecule has 2 atom stereocenters. The molecule has 0 aromatic carbocycles. The van der Waals surface area contributed by atoms with Crippen molar-refractivity contribution in [3.63, 3.8) is 0 Å². The first-order valence-corrected chi connectivity index (χ1v) is 6.15. The summed E-state index contributed by atoms with van der Waals surface area (Å²) in [6.07, 6.45) is 8.85. The van der Waals surface area contributed by atoms with Crippen molar-refractivity contribution >= 4 is 5.97 Å². The third-order valence-electron chi connectivity index (χ3n) is 3.75. The van der Waals surface area contributed by atoms with E-state index in [0.717, 1.165) is 12.8 Å². The minimum absolute atomic E-state index is 0.222. The highest BCUT2D eigenvalue weighted by Crippen LogP contribution is 2.33. The molecular formula is C12H20O3. The number of hydrogen-bond acceptors (Lipinski definition) is 2. The molecule has 0 amide bonds. The molecule has 3 heteroatoms. The fraction of sp³-hybridized carbons (Fsp3) is 0.917. The van der Waals surface area contributed by atoms with E-state index >= 15 is 0 Å². The van der Waals surface area contributed by atoms with E-state index in [0.29, 0.717) is 12.3 Å². The molecule has 1 saturated carbocycles. The third-order valence-corrected chi connectivity index (χ3v) is 3.75. The summed E-state index contributed by atoms with van der Waals surface area (Å²) in [4.78, 5) is 10.9. The Hall–Kier alpha value is -0.570. The highest BCUT2D eigenvalue weighted by atomic mass is 16.5. The molecule has 0 aromatic rings. The highest BCUT2D eigenvalue weighted by Gasteiger charge is 2.32. The molecule has 2 fully saturated rings. The Bertz CT molecular complexity index is 221. The quantitative estimate of drug-likeness (QED) is 0.765. The lowest BCUT2D eigenvalue weighted by Gasteiger charge is -2.35. The Labute approximate surface area is 90.8 Å². The molecule has 2 rings (SSSR count). The molecule has 0 spiro atoms. The molecule has 0 aromatic heterocycles. The first-order chi connectivity index (χ1) is 7.27. The number of carboxylic acids is 1. The lowest BCUT2D eigenvalue weighted by molar-refractivity contribution is -0.163. The molecular weight excluding hydrogens is 192 g/mol. The second-order valence-corrected chi connectivity index (χ2v) is 4.83. The zero-order valence-corrected chi connectivity index (χ0v) is 9.15. The fourth-order valence-corrected chi connectivity index (χ4v) is 2.89. The second-order valence-electron chi connectivity index (χ2n) is 4.83. The average molecular weight is 212 g/mol. The van der Waals surface area contributed by atoms with Crippen LogP contribution in [0, 0.1) is 5.92 Å². The van der Waals surface area contributed by atoms with Gasteiger partial charge in [0.15, 0.2) is 6.10 Å². The number of aliphatic carboxylic acids is 1. The number of carboxylic acid groups (broad SMARTS) is 1. The summed E-state index contributed by atoms with van der Waals surface area (Å²) in [7, 11) is 0. The molecule has 1 saturated heterocycles. The zero-order valence-electron chi connectivity index (χ0n) is 9.15. The van der Waals surface area contributed by atoms with Crippen molar-refractivity contribution in [2.45, 2.75) is 63.6 Å². The lowest BCUT2D eigenvalue weighted by Crippen LogP contribution is -2.38. The summed E-state index contributed by atoms with van der Waals surface area (Å²) in [5.41, 5.74) is 0. The van der Waals surface area contributed by atoms with Crippen LogP contribution in [0.4, 0.5) is 0 Å². The number of hydrogen-bond donors (Lipinski definition) is 1. The Kier molecular flexibility index (Phi) is 3.62. The predicted molar refractivity (Wildman–Crippen MR) is 56.7 cm³/mol. The first kappa shape index (κ1) is 10.9. The van der Waals surface area contributed by atoms with Gasteiger partial charge in [0, 0.05) is 0 Å². The van der Waals surface area contributed by atoms with Crippen LogP contribution in [0.3, 0.4) is 0 Å². The SMILES string of the molecule is O=C(O)C1CCCC(C2CCCCC2)O1. The van der Waals surface area contributed by atoms with E-state index in [1.165, 1.54) is 32.1 Å². The lowest BCUT2D eigenvalue weighted by atomic mass is 9.82. The summed E-state index contributed by atoms with van der Waals surface area (Å²) in [5.74, 6) is -0.156. The summed E-state index contributed by atoms with van der Waals surface area (Å²) in [5, 5.41) is 8.93. The van der Waals surface area contributed by atoms with Gasteiger partial charge in [0.1, 0.15) is 0 Å². The largest absolute Gasteiger partial charge is 0.479 e. The van der Waals surface area contributed by atoms with Gasteiger partial charge in [-0.05, 0) is 38.0 Å². The molecule has 0 bridgehead atoms. The molecule has 0 radical (unpaired) electrons. The van der Waals surface area contributed by atoms with E-state index in [4.69, 9.17) is 9.84 Å². The van der Waals surface area contributed by atoms with Gasteiger partial charge >= 0.3 is 5.97 Å². The van der Waals surface area contributed by atoms with Crippen molar-refractivity contribution in [3.8, 4) is 0 Å². The van der Waals surface area contributed by atoms with E-state index in [-0.39, 0.29) is 6.10 Å². The van der Waals surface area contributed by atoms with Crippen molar-refractivity contribution < 1.29 is 14.6 Å². The second kappa shape index (κ2) is 4.97. The third kappa shape index (κ3) is 2.71. The summed E-state index contributed by atoms with van der Waals surface area (Å²) in [6.45, 7) is 0. The Balaban J connectivity index is 1.88. The molecule has 2 unspecified atom stereocenters. The van der Waals surface area contributed by atoms with Crippen molar-refractivity contribution in [2.75, 3.05) is 0 Å². The normalized spacial score (nSPS) is 33.9. The molecule has 3 nitrogen and oxygen atoms in total. The van der Waals surface area contributed by atoms with Crippen molar-refractivity contribution in [2.24, 2.45) is 5.92 Å². The van der Waals surface area contributed by atoms with E-state index in [1.807, 2.05) is 0 Å². The van der Waals surface area contributed by atoms with Gasteiger partial charge < -0.3 is 9.84 Å². The first-order valence-electron chi connectivity index (χ1n) is 6.15. The van der Waals surface area contributed by atoms with Gasteiger partial charge in [0.25, 0.3) is 0 Å². The molecule has 1 heterocycles. The van der Waals surface area contributed by atoms with Crippen LogP contribution in [-0.4, -0.2) is 23.3 Å². The summed E-state index contributed by atoms with van der Waals surface area (Å²) < 4.78 is 5.69. The average Bonchev–Trinajstić information content (AvgIpc) is 2.30. The smallest absolute Gasteiger partial charge is 0.332 e. The Morgan fingerprint density at radius 3 is 2.40 bits per heavy atom. The maximum Gasteiger partial charge on any atom is 0.332 e. The van der Waals surface area contributed by atoms with Gasteiger partial charge in [-0.25, -0.2) is 4.79 Å². The number of ether oxygens (including phenoxy) is 1. The number of rotatable bonds is 2. The van der Waals surface area contributed by atoms with Crippen molar-refractivity contribution in [3.05, 3.63) is 0 Å². The fourth-order valence-electron chi connectivity index (χ4n) is 2.89. The molecule has 1 N–H and O–H groups in total. The van der Waals surface area contributed by atoms with Crippen LogP contribution in [0.25, 0.3) is 0 Å². The maximum absolute atomic E-state index is 10.9. The van der Waals surface area contributed by atoms with Crippen LogP contribution < -0.4 is 0 Å². The van der Waals surface area contributed by atoms with Crippen LogP contribution >= 0.6 is 0 Å². The topological polar surface area (TPSA) is 46.5 Å². The summed E-state index contributed by atoms with van der Waals surface area (Å²) in [6, 6.07) is 0. The zero-order chi connectivity index (χ0) is 10.7. The molecule has 1 aliphatic heterocycles. The Morgan fingerprint density at radius 1 is 1.00 bits per heavy atom. The predicted octanol–water partition coefficient (Wildman–Crippen LogP) is 2.59. The van der Waals surface area contributed by atoms with Crippen molar-refractivity contribution in [1.29, 1.82) is 0 Å². The van der Waals surface area contributed by atoms with Crippen LogP contribution in [-0.2, 0) is 9.53 Å². The maximum atomic E-state index is 10.9. The van der Waals surface area contributed by atoms with E-state index < -0.39 is 12.1 Å². The molecule has 2 aliphatic rings. The van der Waals surface area contributed by atoms with Gasteiger partial charge in [-0.15, -0.1) is 0 Å². The van der Waals surface area contributed by atoms with E-state index in [2.05, 4.69) is 0 Å². The number of carbonyl (C=O) groups is 1.